The van der Waals surface area contributed by atoms with Crippen LogP contribution in [0.2, 0.25) is 0 Å². The fourth-order valence-corrected chi connectivity index (χ4v) is 2.61. The second-order valence-corrected chi connectivity index (χ2v) is 7.68. The zero-order valence-corrected chi connectivity index (χ0v) is 16.3. The smallest absolute Gasteiger partial charge is 0.408 e. The van der Waals surface area contributed by atoms with Gasteiger partial charge in [-0.1, -0.05) is 30.3 Å². The highest BCUT2D eigenvalue weighted by molar-refractivity contribution is 5.93. The van der Waals surface area contributed by atoms with Gasteiger partial charge in [0, 0.05) is 6.42 Å². The summed E-state index contributed by atoms with van der Waals surface area (Å²) in [5.74, 6) is -0.871. The molecule has 2 amide bonds. The Hall–Kier alpha value is -2.57. The van der Waals surface area contributed by atoms with Crippen LogP contribution in [0.3, 0.4) is 0 Å². The van der Waals surface area contributed by atoms with Gasteiger partial charge in [-0.3, -0.25) is 4.79 Å². The molecule has 7 heteroatoms. The number of rotatable bonds is 7. The first-order valence-electron chi connectivity index (χ1n) is 9.18. The molecular weight excluding hydrogens is 348 g/mol. The molecule has 0 saturated heterocycles. The number of carbonyl (C=O) groups excluding carboxylic acids is 3. The molecule has 1 saturated carbocycles. The van der Waals surface area contributed by atoms with Crippen molar-refractivity contribution in [2.75, 3.05) is 6.61 Å². The number of alkyl carbamates (subject to hydrolysis) is 1. The van der Waals surface area contributed by atoms with Crippen LogP contribution in [0, 0.1) is 0 Å². The molecule has 1 atom stereocenters. The Bertz CT molecular complexity index is 677. The summed E-state index contributed by atoms with van der Waals surface area (Å²) in [5.41, 5.74) is -0.771. The summed E-state index contributed by atoms with van der Waals surface area (Å²) in [6.07, 6.45) is 0.661. The van der Waals surface area contributed by atoms with Crippen LogP contribution in [-0.4, -0.2) is 41.8 Å². The number of hydrogen-bond acceptors (Lipinski definition) is 5. The quantitative estimate of drug-likeness (QED) is 0.713. The van der Waals surface area contributed by atoms with E-state index in [1.165, 1.54) is 0 Å². The third kappa shape index (κ3) is 6.27. The van der Waals surface area contributed by atoms with Crippen molar-refractivity contribution in [2.45, 2.75) is 64.1 Å². The molecule has 1 aliphatic carbocycles. The van der Waals surface area contributed by atoms with Crippen molar-refractivity contribution < 1.29 is 23.9 Å². The zero-order valence-electron chi connectivity index (χ0n) is 16.3. The van der Waals surface area contributed by atoms with Crippen molar-refractivity contribution in [2.24, 2.45) is 0 Å². The van der Waals surface area contributed by atoms with Gasteiger partial charge in [0.2, 0.25) is 5.91 Å². The molecule has 0 aromatic heterocycles. The van der Waals surface area contributed by atoms with Crippen molar-refractivity contribution >= 4 is 18.0 Å². The molecule has 148 valence electrons. The van der Waals surface area contributed by atoms with Gasteiger partial charge in [0.1, 0.15) is 17.2 Å². The summed E-state index contributed by atoms with van der Waals surface area (Å²) < 4.78 is 10.3. The predicted octanol–water partition coefficient (Wildman–Crippen LogP) is 2.33. The van der Waals surface area contributed by atoms with Gasteiger partial charge in [-0.25, -0.2) is 9.59 Å². The summed E-state index contributed by atoms with van der Waals surface area (Å²) in [7, 11) is 0. The van der Waals surface area contributed by atoms with Crippen LogP contribution in [-0.2, 0) is 25.5 Å². The number of benzene rings is 1. The molecule has 0 bridgehead atoms. The first kappa shape index (κ1) is 20.7. The zero-order chi connectivity index (χ0) is 20.1. The molecule has 0 spiro atoms. The topological polar surface area (TPSA) is 93.7 Å². The molecule has 0 aliphatic heterocycles. The molecule has 7 nitrogen and oxygen atoms in total. The average Bonchev–Trinajstić information content (AvgIpc) is 3.34. The number of amides is 2. The second kappa shape index (κ2) is 8.41. The predicted molar refractivity (Wildman–Crippen MR) is 100 cm³/mol. The van der Waals surface area contributed by atoms with Gasteiger partial charge in [-0.05, 0) is 46.1 Å². The molecule has 1 aliphatic rings. The van der Waals surface area contributed by atoms with E-state index < -0.39 is 35.2 Å². The first-order chi connectivity index (χ1) is 12.6. The monoisotopic (exact) mass is 376 g/mol. The molecule has 0 heterocycles. The maximum atomic E-state index is 12.8. The van der Waals surface area contributed by atoms with Crippen LogP contribution >= 0.6 is 0 Å². The summed E-state index contributed by atoms with van der Waals surface area (Å²) in [6, 6.07) is 8.47. The highest BCUT2D eigenvalue weighted by Crippen LogP contribution is 2.36. The maximum absolute atomic E-state index is 12.8. The van der Waals surface area contributed by atoms with Crippen LogP contribution in [0.4, 0.5) is 4.79 Å². The molecule has 2 N–H and O–H groups in total. The fourth-order valence-electron chi connectivity index (χ4n) is 2.61. The average molecular weight is 376 g/mol. The Balaban J connectivity index is 2.09. The highest BCUT2D eigenvalue weighted by atomic mass is 16.6. The second-order valence-electron chi connectivity index (χ2n) is 7.68. The minimum absolute atomic E-state index is 0.250. The van der Waals surface area contributed by atoms with Crippen LogP contribution in [0.15, 0.2) is 30.3 Å². The maximum Gasteiger partial charge on any atom is 0.408 e. The molecule has 2 rings (SSSR count). The number of esters is 1. The summed E-state index contributed by atoms with van der Waals surface area (Å²) >= 11 is 0. The van der Waals surface area contributed by atoms with Crippen LogP contribution in [0.5, 0.6) is 0 Å². The molecule has 1 aromatic carbocycles. The van der Waals surface area contributed by atoms with Crippen LogP contribution in [0.1, 0.15) is 46.1 Å². The largest absolute Gasteiger partial charge is 0.464 e. The van der Waals surface area contributed by atoms with E-state index in [0.29, 0.717) is 12.8 Å². The Kier molecular flexibility index (Phi) is 6.46. The Labute approximate surface area is 159 Å². The lowest BCUT2D eigenvalue weighted by molar-refractivity contribution is -0.149. The number of carbonyl (C=O) groups is 3. The Morgan fingerprint density at radius 3 is 2.30 bits per heavy atom. The normalized spacial score (nSPS) is 16.0. The first-order valence-corrected chi connectivity index (χ1v) is 9.18. The van der Waals surface area contributed by atoms with Crippen LogP contribution in [0.25, 0.3) is 0 Å². The van der Waals surface area contributed by atoms with Crippen molar-refractivity contribution in [3.63, 3.8) is 0 Å². The summed E-state index contributed by atoms with van der Waals surface area (Å²) in [4.78, 5) is 37.1. The molecule has 1 aromatic rings. The summed E-state index contributed by atoms with van der Waals surface area (Å²) in [6.45, 7) is 7.22. The van der Waals surface area contributed by atoms with E-state index in [0.717, 1.165) is 5.56 Å². The lowest BCUT2D eigenvalue weighted by atomic mass is 10.0. The SMILES string of the molecule is CCOC(=O)C1(NC(=O)[C@H](Cc2ccccc2)NC(=O)OC(C)(C)C)CC1. The van der Waals surface area contributed by atoms with Gasteiger partial charge in [0.25, 0.3) is 0 Å². The van der Waals surface area contributed by atoms with E-state index in [-0.39, 0.29) is 13.0 Å². The molecule has 0 radical (unpaired) electrons. The Morgan fingerprint density at radius 2 is 1.78 bits per heavy atom. The van der Waals surface area contributed by atoms with E-state index in [4.69, 9.17) is 9.47 Å². The third-order valence-electron chi connectivity index (χ3n) is 4.07. The number of ether oxygens (including phenoxy) is 2. The van der Waals surface area contributed by atoms with Gasteiger partial charge in [-0.2, -0.15) is 0 Å². The third-order valence-corrected chi connectivity index (χ3v) is 4.07. The number of hydrogen-bond donors (Lipinski definition) is 2. The van der Waals surface area contributed by atoms with E-state index in [1.807, 2.05) is 30.3 Å². The molecule has 1 fully saturated rings. The highest BCUT2D eigenvalue weighted by Gasteiger charge is 2.53. The van der Waals surface area contributed by atoms with E-state index in [1.54, 1.807) is 27.7 Å². The van der Waals surface area contributed by atoms with Gasteiger partial charge < -0.3 is 20.1 Å². The van der Waals surface area contributed by atoms with E-state index in [2.05, 4.69) is 10.6 Å². The molecule has 0 unspecified atom stereocenters. The fraction of sp³-hybridized carbons (Fsp3) is 0.550. The van der Waals surface area contributed by atoms with E-state index in [9.17, 15) is 14.4 Å². The standard InChI is InChI=1S/C20H28N2O5/c1-5-26-17(24)20(11-12-20)22-16(23)15(13-14-9-7-6-8-10-14)21-18(25)27-19(2,3)4/h6-10,15H,5,11-13H2,1-4H3,(H,21,25)(H,22,23)/t15-/m0/s1. The minimum atomic E-state index is -0.975. The van der Waals surface area contributed by atoms with Crippen molar-refractivity contribution in [1.82, 2.24) is 10.6 Å². The van der Waals surface area contributed by atoms with Crippen molar-refractivity contribution in [1.29, 1.82) is 0 Å². The van der Waals surface area contributed by atoms with Gasteiger partial charge in [0.05, 0.1) is 6.61 Å². The summed E-state index contributed by atoms with van der Waals surface area (Å²) in [5, 5.41) is 5.37. The van der Waals surface area contributed by atoms with E-state index >= 15 is 0 Å². The van der Waals surface area contributed by atoms with Gasteiger partial charge in [-0.15, -0.1) is 0 Å². The minimum Gasteiger partial charge on any atom is -0.464 e. The molecular formula is C20H28N2O5. The van der Waals surface area contributed by atoms with Gasteiger partial charge >= 0.3 is 12.1 Å². The van der Waals surface area contributed by atoms with Crippen LogP contribution < -0.4 is 10.6 Å². The van der Waals surface area contributed by atoms with Crippen molar-refractivity contribution in [3.8, 4) is 0 Å². The van der Waals surface area contributed by atoms with Crippen molar-refractivity contribution in [3.05, 3.63) is 35.9 Å². The number of nitrogens with one attached hydrogen (secondary N) is 2. The molecule has 27 heavy (non-hydrogen) atoms. The van der Waals surface area contributed by atoms with Gasteiger partial charge in [0.15, 0.2) is 0 Å². The Morgan fingerprint density at radius 1 is 1.15 bits per heavy atom. The lowest BCUT2D eigenvalue weighted by Crippen LogP contribution is -2.54. The lowest BCUT2D eigenvalue weighted by Gasteiger charge is -2.25.